The number of amides is 2. The van der Waals surface area contributed by atoms with Gasteiger partial charge in [-0.15, -0.1) is 12.4 Å². The molecule has 68 valence electrons. The van der Waals surface area contributed by atoms with Gasteiger partial charge in [-0.2, -0.15) is 0 Å². The van der Waals surface area contributed by atoms with Crippen LogP contribution in [0.3, 0.4) is 0 Å². The Morgan fingerprint density at radius 3 is 1.64 bits per heavy atom. The fourth-order valence-electron chi connectivity index (χ4n) is 0.208. The topological polar surface area (TPSA) is 93.2 Å². The maximum Gasteiger partial charge on any atom is 0.343 e. The summed E-state index contributed by atoms with van der Waals surface area (Å²) in [7, 11) is 0. The highest BCUT2D eigenvalue weighted by atomic mass is 35.5. The summed E-state index contributed by atoms with van der Waals surface area (Å²) in [5.41, 5.74) is 3.48. The zero-order chi connectivity index (χ0) is 7.98. The average molecular weight is 183 g/mol. The smallest absolute Gasteiger partial charge is 0.275 e. The molecule has 1 fully saturated rings. The summed E-state index contributed by atoms with van der Waals surface area (Å²) in [6, 6.07) is -0.602. The molecule has 2 amide bonds. The fraction of sp³-hybridized carbons (Fsp3) is 0.800. The summed E-state index contributed by atoms with van der Waals surface area (Å²) in [6.45, 7) is 2.28. The van der Waals surface area contributed by atoms with E-state index < -0.39 is 6.03 Å². The van der Waals surface area contributed by atoms with Crippen LogP contribution in [0.15, 0.2) is 0 Å². The first kappa shape index (κ1) is 13.1. The number of nitrogens with one attached hydrogen (secondary N) is 2. The second-order valence-corrected chi connectivity index (χ2v) is 2.30. The molecule has 1 saturated carbocycles. The van der Waals surface area contributed by atoms with Crippen LogP contribution in [-0.2, 0) is 0 Å². The number of carbonyl (C=O) groups excluding carboxylic acids is 1. The number of nitrogens with two attached hydrogens (primary N) is 2. The quantitative estimate of drug-likeness (QED) is 0.239. The van der Waals surface area contributed by atoms with Crippen LogP contribution in [0.25, 0.3) is 0 Å². The minimum Gasteiger partial charge on any atom is -0.275 e. The molecule has 5 nitrogen and oxygen atoms in total. The van der Waals surface area contributed by atoms with E-state index in [0.29, 0.717) is 0 Å². The van der Waals surface area contributed by atoms with E-state index in [4.69, 9.17) is 0 Å². The molecule has 1 rings (SSSR count). The number of urea groups is 1. The monoisotopic (exact) mass is 182 g/mol. The third-order valence-electron chi connectivity index (χ3n) is 1.13. The molecule has 6 N–H and O–H groups in total. The molecule has 0 bridgehead atoms. The van der Waals surface area contributed by atoms with Crippen molar-refractivity contribution in [1.29, 1.82) is 0 Å². The number of rotatable bonds is 0. The molecule has 0 aromatic carbocycles. The highest BCUT2D eigenvalue weighted by Crippen LogP contribution is 2.26. The molecule has 6 heteroatoms. The first-order valence-electron chi connectivity index (χ1n) is 3.18. The molecule has 0 aromatic heterocycles. The van der Waals surface area contributed by atoms with Crippen molar-refractivity contribution in [2.75, 3.05) is 0 Å². The lowest BCUT2D eigenvalue weighted by Crippen LogP contribution is -2.43. The van der Waals surface area contributed by atoms with Crippen molar-refractivity contribution >= 4 is 18.4 Å². The van der Waals surface area contributed by atoms with Gasteiger partial charge in [0, 0.05) is 0 Å². The Hall–Kier alpha value is -0.520. The predicted octanol–water partition coefficient (Wildman–Crippen LogP) is -0.129. The van der Waals surface area contributed by atoms with E-state index in [2.05, 4.69) is 18.6 Å². The van der Waals surface area contributed by atoms with E-state index in [1.165, 1.54) is 12.8 Å². The largest absolute Gasteiger partial charge is 0.343 e. The zero-order valence-electron chi connectivity index (χ0n) is 6.46. The number of hydrazine groups is 2. The second-order valence-electron chi connectivity index (χ2n) is 2.30. The minimum absolute atomic E-state index is 0. The normalized spacial score (nSPS) is 13.4. The second kappa shape index (κ2) is 7.59. The van der Waals surface area contributed by atoms with Crippen LogP contribution in [0, 0.1) is 5.92 Å². The van der Waals surface area contributed by atoms with Crippen LogP contribution < -0.4 is 22.5 Å². The number of hydrogen-bond acceptors (Lipinski definition) is 3. The molecule has 0 aromatic rings. The van der Waals surface area contributed by atoms with Gasteiger partial charge >= 0.3 is 6.03 Å². The van der Waals surface area contributed by atoms with Crippen molar-refractivity contribution in [1.82, 2.24) is 10.9 Å². The van der Waals surface area contributed by atoms with E-state index in [-0.39, 0.29) is 12.4 Å². The molecule has 0 spiro atoms. The Kier molecular flexibility index (Phi) is 9.03. The minimum atomic E-state index is -0.602. The third kappa shape index (κ3) is 12.6. The van der Waals surface area contributed by atoms with Gasteiger partial charge in [0.15, 0.2) is 0 Å². The van der Waals surface area contributed by atoms with Crippen LogP contribution in [-0.4, -0.2) is 6.03 Å². The molecule has 11 heavy (non-hydrogen) atoms. The van der Waals surface area contributed by atoms with Gasteiger partial charge in [-0.25, -0.2) is 16.5 Å². The van der Waals surface area contributed by atoms with Gasteiger partial charge in [-0.3, -0.25) is 10.9 Å². The maximum absolute atomic E-state index is 9.71. The molecule has 0 unspecified atom stereocenters. The summed E-state index contributed by atoms with van der Waals surface area (Å²) >= 11 is 0. The highest BCUT2D eigenvalue weighted by molar-refractivity contribution is 5.85. The van der Waals surface area contributed by atoms with Crippen molar-refractivity contribution in [3.63, 3.8) is 0 Å². The average Bonchev–Trinajstić information content (AvgIpc) is 2.71. The van der Waals surface area contributed by atoms with E-state index >= 15 is 0 Å². The summed E-state index contributed by atoms with van der Waals surface area (Å²) in [4.78, 5) is 9.71. The summed E-state index contributed by atoms with van der Waals surface area (Å²) in [5.74, 6) is 10.2. The molecule has 0 atom stereocenters. The molecule has 1 aliphatic rings. The first-order valence-corrected chi connectivity index (χ1v) is 3.18. The highest BCUT2D eigenvalue weighted by Gasteiger charge is 2.12. The predicted molar refractivity (Wildman–Crippen MR) is 45.7 cm³/mol. The molecule has 0 heterocycles. The Balaban J connectivity index is 0. The lowest BCUT2D eigenvalue weighted by atomic mass is 10.5. The van der Waals surface area contributed by atoms with Gasteiger partial charge in [0.05, 0.1) is 0 Å². The maximum atomic E-state index is 9.71. The van der Waals surface area contributed by atoms with Gasteiger partial charge in [-0.1, -0.05) is 19.8 Å². The summed E-state index contributed by atoms with van der Waals surface area (Å²) in [6.07, 6.45) is 2.97. The number of carbonyl (C=O) groups is 1. The Morgan fingerprint density at radius 1 is 1.36 bits per heavy atom. The number of halogens is 1. The Morgan fingerprint density at radius 2 is 1.64 bits per heavy atom. The van der Waals surface area contributed by atoms with Crippen molar-refractivity contribution < 1.29 is 4.79 Å². The van der Waals surface area contributed by atoms with Crippen LogP contribution in [0.2, 0.25) is 0 Å². The van der Waals surface area contributed by atoms with Crippen molar-refractivity contribution in [2.45, 2.75) is 19.8 Å². The zero-order valence-corrected chi connectivity index (χ0v) is 7.28. The van der Waals surface area contributed by atoms with E-state index in [9.17, 15) is 4.79 Å². The SMILES string of the molecule is CC1CC1.Cl.NNC(=O)NN. The lowest BCUT2D eigenvalue weighted by Gasteiger charge is -1.90. The lowest BCUT2D eigenvalue weighted by molar-refractivity contribution is 0.241. The Labute approximate surface area is 72.2 Å². The molecular weight excluding hydrogens is 168 g/mol. The third-order valence-corrected chi connectivity index (χ3v) is 1.13. The standard InChI is InChI=1S/C4H8.CH6N4O.ClH/c1-4-2-3-4;2-4-1(6)5-3;/h4H,2-3H2,1H3;2-3H2,(H2,4,5,6);1H. The fourth-order valence-corrected chi connectivity index (χ4v) is 0.208. The van der Waals surface area contributed by atoms with E-state index in [1.54, 1.807) is 10.9 Å². The first-order chi connectivity index (χ1) is 4.70. The molecule has 0 aliphatic heterocycles. The van der Waals surface area contributed by atoms with Gasteiger partial charge < -0.3 is 0 Å². The van der Waals surface area contributed by atoms with E-state index in [0.717, 1.165) is 5.92 Å². The van der Waals surface area contributed by atoms with Crippen molar-refractivity contribution in [2.24, 2.45) is 17.6 Å². The van der Waals surface area contributed by atoms with Crippen LogP contribution in [0.5, 0.6) is 0 Å². The van der Waals surface area contributed by atoms with Gasteiger partial charge in [0.1, 0.15) is 0 Å². The number of hydrogen-bond donors (Lipinski definition) is 4. The molecule has 1 aliphatic carbocycles. The summed E-state index contributed by atoms with van der Waals surface area (Å²) < 4.78 is 0. The van der Waals surface area contributed by atoms with Gasteiger partial charge in [0.2, 0.25) is 0 Å². The van der Waals surface area contributed by atoms with Crippen LogP contribution >= 0.6 is 12.4 Å². The van der Waals surface area contributed by atoms with Crippen LogP contribution in [0.1, 0.15) is 19.8 Å². The molecular formula is C5H15ClN4O. The van der Waals surface area contributed by atoms with Gasteiger partial charge in [0.25, 0.3) is 0 Å². The van der Waals surface area contributed by atoms with Crippen molar-refractivity contribution in [3.05, 3.63) is 0 Å². The van der Waals surface area contributed by atoms with E-state index in [1.807, 2.05) is 0 Å². The molecule has 0 saturated heterocycles. The Bertz CT molecular complexity index is 101. The molecule has 0 radical (unpaired) electrons. The van der Waals surface area contributed by atoms with Crippen LogP contribution in [0.4, 0.5) is 4.79 Å². The van der Waals surface area contributed by atoms with Gasteiger partial charge in [-0.05, 0) is 5.92 Å². The summed E-state index contributed by atoms with van der Waals surface area (Å²) in [5, 5.41) is 0. The van der Waals surface area contributed by atoms with Crippen molar-refractivity contribution in [3.8, 4) is 0 Å².